The average Bonchev–Trinajstić information content (AvgIpc) is 1.67. The Labute approximate surface area is 51.1 Å². The highest BCUT2D eigenvalue weighted by atomic mass is 16.4. The molecule has 0 aromatic heterocycles. The van der Waals surface area contributed by atoms with Gasteiger partial charge in [0.2, 0.25) is 0 Å². The van der Waals surface area contributed by atoms with E-state index in [2.05, 4.69) is 0 Å². The molecule has 0 atom stereocenters. The van der Waals surface area contributed by atoms with Crippen molar-refractivity contribution in [3.05, 3.63) is 0 Å². The highest BCUT2D eigenvalue weighted by Crippen LogP contribution is 1.68. The first-order chi connectivity index (χ1) is 4.18. The summed E-state index contributed by atoms with van der Waals surface area (Å²) in [7, 11) is 0. The molecular weight excluding hydrogens is 126 g/mol. The van der Waals surface area contributed by atoms with Gasteiger partial charge in [-0.15, -0.1) is 0 Å². The van der Waals surface area contributed by atoms with E-state index >= 15 is 0 Å². The summed E-state index contributed by atoms with van der Waals surface area (Å²) in [6.45, 7) is -0.250. The number of rotatable bonds is 1. The monoisotopic (exact) mass is 131 g/mol. The van der Waals surface area contributed by atoms with Crippen LogP contribution in [0.1, 0.15) is 6.42 Å². The van der Waals surface area contributed by atoms with Crippen LogP contribution in [0.2, 0.25) is 0 Å². The van der Waals surface area contributed by atoms with Crippen molar-refractivity contribution in [1.82, 2.24) is 0 Å². The Bertz CT molecular complexity index is 125. The summed E-state index contributed by atoms with van der Waals surface area (Å²) in [4.78, 5) is 17.7. The van der Waals surface area contributed by atoms with Crippen molar-refractivity contribution >= 4 is 12.4 Å². The molecule has 0 rings (SSSR count). The van der Waals surface area contributed by atoms with Crippen LogP contribution < -0.4 is 0 Å². The predicted octanol–water partition coefficient (Wildman–Crippen LogP) is -0.315. The number of nitrogens with zero attached hydrogens (tertiary/aromatic N) is 1. The normalized spacial score (nSPS) is 5.67. The van der Waals surface area contributed by atoms with Gasteiger partial charge >= 0.3 is 5.97 Å². The SMILES string of the molecule is N#CCC(=O)O.O=CO. The van der Waals surface area contributed by atoms with Crippen molar-refractivity contribution in [3.63, 3.8) is 0 Å². The Morgan fingerprint density at radius 3 is 2.11 bits per heavy atom. The third kappa shape index (κ3) is 61.7. The first-order valence-corrected chi connectivity index (χ1v) is 1.85. The lowest BCUT2D eigenvalue weighted by atomic mass is 10.5. The van der Waals surface area contributed by atoms with Crippen LogP contribution in [0.25, 0.3) is 0 Å². The van der Waals surface area contributed by atoms with Crippen molar-refractivity contribution < 1.29 is 19.8 Å². The zero-order chi connectivity index (χ0) is 7.70. The second-order valence-electron chi connectivity index (χ2n) is 0.834. The second kappa shape index (κ2) is 9.66. The summed E-state index contributed by atoms with van der Waals surface area (Å²) in [5.41, 5.74) is 0. The molecule has 0 amide bonds. The molecule has 0 radical (unpaired) electrons. The van der Waals surface area contributed by atoms with Gasteiger partial charge in [-0.25, -0.2) is 0 Å². The van der Waals surface area contributed by atoms with Crippen molar-refractivity contribution in [2.45, 2.75) is 6.42 Å². The predicted molar refractivity (Wildman–Crippen MR) is 26.6 cm³/mol. The number of aliphatic carboxylic acids is 1. The summed E-state index contributed by atoms with van der Waals surface area (Å²) in [6.07, 6.45) is -0.403. The van der Waals surface area contributed by atoms with Gasteiger partial charge in [0, 0.05) is 0 Å². The van der Waals surface area contributed by atoms with Gasteiger partial charge < -0.3 is 10.2 Å². The summed E-state index contributed by atoms with van der Waals surface area (Å²) >= 11 is 0. The fraction of sp³-hybridized carbons (Fsp3) is 0.250. The zero-order valence-electron chi connectivity index (χ0n) is 4.44. The molecule has 5 nitrogen and oxygen atoms in total. The molecule has 5 heteroatoms. The van der Waals surface area contributed by atoms with Gasteiger partial charge in [-0.05, 0) is 0 Å². The van der Waals surface area contributed by atoms with E-state index in [1.807, 2.05) is 0 Å². The van der Waals surface area contributed by atoms with Gasteiger partial charge in [-0.2, -0.15) is 5.26 Å². The van der Waals surface area contributed by atoms with Crippen molar-refractivity contribution in [2.24, 2.45) is 0 Å². The standard InChI is InChI=1S/C3H3NO2.CH2O2/c4-2-1-3(5)6;2-1-3/h1H2,(H,5,6);1H,(H,2,3). The first-order valence-electron chi connectivity index (χ1n) is 1.85. The molecule has 0 spiro atoms. The van der Waals surface area contributed by atoms with Crippen LogP contribution >= 0.6 is 0 Å². The summed E-state index contributed by atoms with van der Waals surface area (Å²) in [6, 6.07) is 1.47. The topological polar surface area (TPSA) is 98.4 Å². The van der Waals surface area contributed by atoms with E-state index in [1.165, 1.54) is 6.07 Å². The van der Waals surface area contributed by atoms with Gasteiger partial charge in [-0.3, -0.25) is 9.59 Å². The van der Waals surface area contributed by atoms with Crippen LogP contribution in [-0.4, -0.2) is 22.7 Å². The molecule has 0 aliphatic carbocycles. The lowest BCUT2D eigenvalue weighted by Gasteiger charge is -1.70. The summed E-state index contributed by atoms with van der Waals surface area (Å²) in [5, 5.41) is 22.2. The van der Waals surface area contributed by atoms with Gasteiger partial charge in [-0.1, -0.05) is 0 Å². The smallest absolute Gasteiger partial charge is 0.317 e. The maximum Gasteiger partial charge on any atom is 0.317 e. The van der Waals surface area contributed by atoms with E-state index in [9.17, 15) is 4.79 Å². The number of carboxylic acid groups (broad SMARTS) is 2. The molecule has 0 aliphatic heterocycles. The molecule has 0 saturated carbocycles. The minimum atomic E-state index is -1.07. The maximum absolute atomic E-state index is 9.38. The van der Waals surface area contributed by atoms with Gasteiger partial charge in [0.15, 0.2) is 0 Å². The molecule has 0 unspecified atom stereocenters. The summed E-state index contributed by atoms with van der Waals surface area (Å²) < 4.78 is 0. The second-order valence-corrected chi connectivity index (χ2v) is 0.834. The molecule has 0 saturated heterocycles. The summed E-state index contributed by atoms with van der Waals surface area (Å²) in [5.74, 6) is -1.07. The molecule has 50 valence electrons. The van der Waals surface area contributed by atoms with Crippen molar-refractivity contribution in [3.8, 4) is 6.07 Å². The van der Waals surface area contributed by atoms with Crippen LogP contribution in [-0.2, 0) is 9.59 Å². The Kier molecular flexibility index (Phi) is 11.2. The van der Waals surface area contributed by atoms with Crippen LogP contribution in [0.4, 0.5) is 0 Å². The largest absolute Gasteiger partial charge is 0.483 e. The minimum Gasteiger partial charge on any atom is -0.483 e. The lowest BCUT2D eigenvalue weighted by Crippen LogP contribution is -1.88. The third-order valence-electron chi connectivity index (χ3n) is 0.230. The van der Waals surface area contributed by atoms with Crippen LogP contribution in [0.5, 0.6) is 0 Å². The Morgan fingerprint density at radius 1 is 1.78 bits per heavy atom. The Hall–Kier alpha value is -1.57. The van der Waals surface area contributed by atoms with Gasteiger partial charge in [0.05, 0.1) is 6.07 Å². The molecular formula is C4H5NO4. The van der Waals surface area contributed by atoms with E-state index in [0.29, 0.717) is 0 Å². The minimum absolute atomic E-state index is 0.250. The lowest BCUT2D eigenvalue weighted by molar-refractivity contribution is -0.135. The highest BCUT2D eigenvalue weighted by molar-refractivity contribution is 5.69. The third-order valence-corrected chi connectivity index (χ3v) is 0.230. The van der Waals surface area contributed by atoms with E-state index in [-0.39, 0.29) is 6.47 Å². The molecule has 0 aromatic rings. The molecule has 2 N–H and O–H groups in total. The van der Waals surface area contributed by atoms with E-state index in [4.69, 9.17) is 20.3 Å². The van der Waals surface area contributed by atoms with Crippen LogP contribution in [0, 0.1) is 11.3 Å². The highest BCUT2D eigenvalue weighted by Gasteiger charge is 1.87. The number of carboxylic acids is 1. The van der Waals surface area contributed by atoms with Gasteiger partial charge in [0.25, 0.3) is 6.47 Å². The zero-order valence-corrected chi connectivity index (χ0v) is 4.44. The molecule has 0 aliphatic rings. The fourth-order valence-corrected chi connectivity index (χ4v) is 0.0676. The maximum atomic E-state index is 9.38. The Balaban J connectivity index is 0. The van der Waals surface area contributed by atoms with E-state index in [1.54, 1.807) is 0 Å². The molecule has 0 fully saturated rings. The van der Waals surface area contributed by atoms with Crippen molar-refractivity contribution in [2.75, 3.05) is 0 Å². The van der Waals surface area contributed by atoms with Crippen LogP contribution in [0.15, 0.2) is 0 Å². The van der Waals surface area contributed by atoms with Gasteiger partial charge in [0.1, 0.15) is 6.42 Å². The number of hydrogen-bond acceptors (Lipinski definition) is 3. The number of hydrogen-bond donors (Lipinski definition) is 2. The fourth-order valence-electron chi connectivity index (χ4n) is 0.0676. The molecule has 0 aromatic carbocycles. The quantitative estimate of drug-likeness (QED) is 0.475. The molecule has 0 bridgehead atoms. The van der Waals surface area contributed by atoms with E-state index in [0.717, 1.165) is 0 Å². The van der Waals surface area contributed by atoms with Crippen molar-refractivity contribution in [1.29, 1.82) is 5.26 Å². The first kappa shape index (κ1) is 10.4. The Morgan fingerprint density at radius 2 is 2.11 bits per heavy atom. The number of nitriles is 1. The molecule has 0 heterocycles. The van der Waals surface area contributed by atoms with Crippen LogP contribution in [0.3, 0.4) is 0 Å². The average molecular weight is 131 g/mol. The van der Waals surface area contributed by atoms with E-state index < -0.39 is 12.4 Å². The molecule has 9 heavy (non-hydrogen) atoms. The number of carbonyl (C=O) groups is 2.